The van der Waals surface area contributed by atoms with Crippen LogP contribution in [-0.2, 0) is 4.79 Å². The smallest absolute Gasteiger partial charge is 0.138 e. The van der Waals surface area contributed by atoms with E-state index in [0.717, 1.165) is 0 Å². The molecule has 52 valence electrons. The van der Waals surface area contributed by atoms with E-state index < -0.39 is 0 Å². The van der Waals surface area contributed by atoms with E-state index in [1.165, 1.54) is 0 Å². The number of hydrogen-bond donors (Lipinski definition) is 1. The lowest BCUT2D eigenvalue weighted by atomic mass is 9.99. The van der Waals surface area contributed by atoms with Gasteiger partial charge in [-0.15, -0.1) is 0 Å². The number of hydrogen-bond acceptors (Lipinski definition) is 2. The van der Waals surface area contributed by atoms with E-state index in [9.17, 15) is 4.79 Å². The quantitative estimate of drug-likeness (QED) is 0.518. The maximum atomic E-state index is 10.8. The summed E-state index contributed by atoms with van der Waals surface area (Å²) in [7, 11) is 0. The molecule has 0 saturated heterocycles. The minimum absolute atomic E-state index is 0.0694. The summed E-state index contributed by atoms with van der Waals surface area (Å²) in [5.41, 5.74) is 0. The Kier molecular flexibility index (Phi) is 1.58. The van der Waals surface area contributed by atoms with Gasteiger partial charge in [0, 0.05) is 12.3 Å². The highest BCUT2D eigenvalue weighted by molar-refractivity contribution is 5.83. The summed E-state index contributed by atoms with van der Waals surface area (Å²) >= 11 is 0. The van der Waals surface area contributed by atoms with E-state index in [-0.39, 0.29) is 23.7 Å². The van der Waals surface area contributed by atoms with E-state index in [1.54, 1.807) is 0 Å². The molecule has 0 heterocycles. The van der Waals surface area contributed by atoms with Gasteiger partial charge in [0.15, 0.2) is 0 Å². The van der Waals surface area contributed by atoms with Crippen LogP contribution in [0.3, 0.4) is 0 Å². The fraction of sp³-hybridized carbons (Fsp3) is 0.857. The number of aliphatic hydroxyl groups excluding tert-OH is 1. The number of carbonyl (C=O) groups is 1. The van der Waals surface area contributed by atoms with Gasteiger partial charge in [0.25, 0.3) is 0 Å². The predicted octanol–water partition coefficient (Wildman–Crippen LogP) is 0.592. The zero-order valence-electron chi connectivity index (χ0n) is 5.79. The summed E-state index contributed by atoms with van der Waals surface area (Å²) in [5.74, 6) is 0.437. The van der Waals surface area contributed by atoms with Gasteiger partial charge in [0.1, 0.15) is 5.78 Å². The van der Waals surface area contributed by atoms with Gasteiger partial charge in [0.2, 0.25) is 0 Å². The first-order chi connectivity index (χ1) is 4.13. The lowest BCUT2D eigenvalue weighted by Gasteiger charge is -2.09. The van der Waals surface area contributed by atoms with Gasteiger partial charge in [-0.25, -0.2) is 0 Å². The Morgan fingerprint density at radius 3 is 2.22 bits per heavy atom. The number of rotatable bonds is 0. The van der Waals surface area contributed by atoms with Gasteiger partial charge in [-0.3, -0.25) is 4.79 Å². The maximum absolute atomic E-state index is 10.8. The van der Waals surface area contributed by atoms with E-state index in [4.69, 9.17) is 5.11 Å². The summed E-state index contributed by atoms with van der Waals surface area (Å²) < 4.78 is 0. The first kappa shape index (κ1) is 6.75. The Morgan fingerprint density at radius 2 is 2.11 bits per heavy atom. The zero-order valence-corrected chi connectivity index (χ0v) is 5.79. The molecule has 1 aliphatic carbocycles. The van der Waals surface area contributed by atoms with Crippen LogP contribution in [0.1, 0.15) is 20.3 Å². The number of Topliss-reactive ketones (excluding diaryl/α,β-unsaturated/α-hetero) is 1. The molecule has 2 nitrogen and oxygen atoms in total. The van der Waals surface area contributed by atoms with Gasteiger partial charge in [-0.1, -0.05) is 13.8 Å². The van der Waals surface area contributed by atoms with Crippen molar-refractivity contribution in [2.45, 2.75) is 26.4 Å². The highest BCUT2D eigenvalue weighted by atomic mass is 16.3. The molecule has 9 heavy (non-hydrogen) atoms. The van der Waals surface area contributed by atoms with E-state index in [2.05, 4.69) is 0 Å². The van der Waals surface area contributed by atoms with Crippen LogP contribution >= 0.6 is 0 Å². The van der Waals surface area contributed by atoms with E-state index in [1.807, 2.05) is 13.8 Å². The average molecular weight is 128 g/mol. The van der Waals surface area contributed by atoms with Crippen molar-refractivity contribution in [1.29, 1.82) is 0 Å². The Labute approximate surface area is 54.9 Å². The molecule has 0 aliphatic heterocycles. The summed E-state index contributed by atoms with van der Waals surface area (Å²) in [5, 5.41) is 9.12. The molecule has 0 unspecified atom stereocenters. The Hall–Kier alpha value is -0.370. The molecule has 1 saturated carbocycles. The first-order valence-electron chi connectivity index (χ1n) is 3.33. The molecule has 1 aliphatic rings. The molecule has 0 aromatic carbocycles. The summed E-state index contributed by atoms with van der Waals surface area (Å²) in [6.45, 7) is 3.80. The highest BCUT2D eigenvalue weighted by Gasteiger charge is 2.34. The molecule has 3 atom stereocenters. The van der Waals surface area contributed by atoms with Crippen LogP contribution in [0.4, 0.5) is 0 Å². The van der Waals surface area contributed by atoms with Crippen LogP contribution in [-0.4, -0.2) is 17.0 Å². The Morgan fingerprint density at radius 1 is 1.56 bits per heavy atom. The average Bonchev–Trinajstić information content (AvgIpc) is 1.98. The second kappa shape index (κ2) is 2.10. The van der Waals surface area contributed by atoms with Crippen LogP contribution in [0.5, 0.6) is 0 Å². The monoisotopic (exact) mass is 128 g/mol. The lowest BCUT2D eigenvalue weighted by molar-refractivity contribution is -0.120. The van der Waals surface area contributed by atoms with Crippen molar-refractivity contribution in [3.63, 3.8) is 0 Å². The fourth-order valence-corrected chi connectivity index (χ4v) is 1.20. The highest BCUT2D eigenvalue weighted by Crippen LogP contribution is 2.27. The normalized spacial score (nSPS) is 43.9. The zero-order chi connectivity index (χ0) is 7.02. The largest absolute Gasteiger partial charge is 0.392 e. The van der Waals surface area contributed by atoms with Crippen molar-refractivity contribution in [2.75, 3.05) is 0 Å². The predicted molar refractivity (Wildman–Crippen MR) is 34.0 cm³/mol. The van der Waals surface area contributed by atoms with Gasteiger partial charge in [-0.05, 0) is 5.92 Å². The van der Waals surface area contributed by atoms with Crippen molar-refractivity contribution in [3.8, 4) is 0 Å². The fourth-order valence-electron chi connectivity index (χ4n) is 1.20. The first-order valence-corrected chi connectivity index (χ1v) is 3.33. The second-order valence-electron chi connectivity index (χ2n) is 2.89. The van der Waals surface area contributed by atoms with Gasteiger partial charge in [0.05, 0.1) is 6.10 Å². The van der Waals surface area contributed by atoms with Gasteiger partial charge >= 0.3 is 0 Å². The summed E-state index contributed by atoms with van der Waals surface area (Å²) in [6.07, 6.45) is -0.0185. The molecule has 0 aromatic rings. The molecule has 1 rings (SSSR count). The summed E-state index contributed by atoms with van der Waals surface area (Å²) in [6, 6.07) is 0. The van der Waals surface area contributed by atoms with Crippen molar-refractivity contribution in [2.24, 2.45) is 11.8 Å². The molecular formula is C7H12O2. The number of carbonyl (C=O) groups excluding carboxylic acids is 1. The van der Waals surface area contributed by atoms with Crippen molar-refractivity contribution in [3.05, 3.63) is 0 Å². The standard InChI is InChI=1S/C7H12O2/c1-4-5(2)7(9)3-6(4)8/h4-6,8H,3H2,1-2H3/t4-,5-,6+/m1/s1. The van der Waals surface area contributed by atoms with Crippen molar-refractivity contribution in [1.82, 2.24) is 0 Å². The second-order valence-corrected chi connectivity index (χ2v) is 2.89. The SMILES string of the molecule is C[C@H]1[C@@H](O)CC(=O)[C@@H]1C. The lowest BCUT2D eigenvalue weighted by Crippen LogP contribution is -2.13. The Balaban J connectivity index is 2.65. The van der Waals surface area contributed by atoms with Crippen molar-refractivity contribution < 1.29 is 9.90 Å². The topological polar surface area (TPSA) is 37.3 Å². The van der Waals surface area contributed by atoms with Crippen molar-refractivity contribution >= 4 is 5.78 Å². The van der Waals surface area contributed by atoms with Gasteiger partial charge in [-0.2, -0.15) is 0 Å². The molecule has 0 bridgehead atoms. The van der Waals surface area contributed by atoms with Crippen LogP contribution in [0.25, 0.3) is 0 Å². The molecule has 0 amide bonds. The third kappa shape index (κ3) is 0.990. The molecular weight excluding hydrogens is 116 g/mol. The molecule has 1 fully saturated rings. The number of ketones is 1. The van der Waals surface area contributed by atoms with Crippen LogP contribution < -0.4 is 0 Å². The van der Waals surface area contributed by atoms with Gasteiger partial charge < -0.3 is 5.11 Å². The van der Waals surface area contributed by atoms with Crippen LogP contribution in [0.2, 0.25) is 0 Å². The third-order valence-corrected chi connectivity index (χ3v) is 2.31. The van der Waals surface area contributed by atoms with Crippen LogP contribution in [0.15, 0.2) is 0 Å². The third-order valence-electron chi connectivity index (χ3n) is 2.31. The minimum atomic E-state index is -0.382. The number of aliphatic hydroxyl groups is 1. The van der Waals surface area contributed by atoms with Crippen LogP contribution in [0, 0.1) is 11.8 Å². The molecule has 0 aromatic heterocycles. The molecule has 2 heteroatoms. The van der Waals surface area contributed by atoms with E-state index >= 15 is 0 Å². The molecule has 0 radical (unpaired) electrons. The minimum Gasteiger partial charge on any atom is -0.392 e. The Bertz CT molecular complexity index is 131. The summed E-state index contributed by atoms with van der Waals surface area (Å²) in [4.78, 5) is 10.8. The maximum Gasteiger partial charge on any atom is 0.138 e. The van der Waals surface area contributed by atoms with E-state index in [0.29, 0.717) is 6.42 Å². The molecule has 0 spiro atoms. The molecule has 1 N–H and O–H groups in total.